The van der Waals surface area contributed by atoms with E-state index in [2.05, 4.69) is 33.7 Å². The Morgan fingerprint density at radius 2 is 2.12 bits per heavy atom. The largest absolute Gasteiger partial charge is 0.343 e. The summed E-state index contributed by atoms with van der Waals surface area (Å²) in [5.41, 5.74) is 3.06. The van der Waals surface area contributed by atoms with Gasteiger partial charge in [0.2, 0.25) is 0 Å². The normalized spacial score (nSPS) is 10.0. The Morgan fingerprint density at radius 3 is 2.82 bits per heavy atom. The molecule has 0 saturated heterocycles. The molecule has 1 rings (SSSR count). The molecule has 0 aliphatic heterocycles. The number of halogens is 1. The molecule has 2 N–H and O–H groups in total. The number of rotatable bonds is 6. The van der Waals surface area contributed by atoms with Crippen molar-refractivity contribution in [1.82, 2.24) is 5.48 Å². The van der Waals surface area contributed by atoms with Crippen molar-refractivity contribution in [3.05, 3.63) is 28.7 Å². The average Bonchev–Trinajstić information content (AvgIpc) is 2.32. The molecule has 0 fully saturated rings. The number of unbranched alkanes of at least 4 members (excludes halogenated alkanes) is 2. The van der Waals surface area contributed by atoms with Crippen molar-refractivity contribution in [3.8, 4) is 0 Å². The van der Waals surface area contributed by atoms with E-state index >= 15 is 0 Å². The van der Waals surface area contributed by atoms with Crippen LogP contribution < -0.4 is 10.8 Å². The predicted octanol–water partition coefficient (Wildman–Crippen LogP) is 3.69. The van der Waals surface area contributed by atoms with E-state index in [1.165, 1.54) is 0 Å². The standard InChI is InChI=1S/C12H17BrN2O2/c1-2-3-6-9-17-15-12(16)14-11-8-5-4-7-10(11)13/h4-5,7-8H,2-3,6,9H2,1H3,(H2,14,15,16). The molecule has 1 aromatic rings. The Kier molecular flexibility index (Phi) is 6.65. The number of nitrogens with one attached hydrogen (secondary N) is 2. The highest BCUT2D eigenvalue weighted by Gasteiger charge is 2.03. The molecule has 2 amide bonds. The summed E-state index contributed by atoms with van der Waals surface area (Å²) in [4.78, 5) is 16.5. The summed E-state index contributed by atoms with van der Waals surface area (Å²) >= 11 is 3.34. The minimum atomic E-state index is -0.367. The smallest absolute Gasteiger partial charge is 0.305 e. The van der Waals surface area contributed by atoms with Crippen molar-refractivity contribution in [2.45, 2.75) is 26.2 Å². The van der Waals surface area contributed by atoms with Gasteiger partial charge in [-0.25, -0.2) is 10.3 Å². The zero-order valence-electron chi connectivity index (χ0n) is 9.83. The van der Waals surface area contributed by atoms with Crippen molar-refractivity contribution in [2.24, 2.45) is 0 Å². The van der Waals surface area contributed by atoms with Crippen molar-refractivity contribution in [2.75, 3.05) is 11.9 Å². The van der Waals surface area contributed by atoms with Crippen LogP contribution in [0.4, 0.5) is 10.5 Å². The van der Waals surface area contributed by atoms with E-state index in [-0.39, 0.29) is 6.03 Å². The highest BCUT2D eigenvalue weighted by Crippen LogP contribution is 2.20. The highest BCUT2D eigenvalue weighted by atomic mass is 79.9. The summed E-state index contributed by atoms with van der Waals surface area (Å²) in [6, 6.07) is 7.03. The fourth-order valence-corrected chi connectivity index (χ4v) is 1.64. The number of benzene rings is 1. The minimum Gasteiger partial charge on any atom is -0.305 e. The van der Waals surface area contributed by atoms with Gasteiger partial charge in [0, 0.05) is 4.47 Å². The zero-order chi connectivity index (χ0) is 12.5. The molecule has 5 heteroatoms. The molecule has 0 saturated carbocycles. The first-order valence-electron chi connectivity index (χ1n) is 5.67. The fraction of sp³-hybridized carbons (Fsp3) is 0.417. The Hall–Kier alpha value is -1.07. The van der Waals surface area contributed by atoms with Crippen LogP contribution in [0.2, 0.25) is 0 Å². The summed E-state index contributed by atoms with van der Waals surface area (Å²) in [6.07, 6.45) is 3.19. The molecular weight excluding hydrogens is 284 g/mol. The lowest BCUT2D eigenvalue weighted by molar-refractivity contribution is 0.0633. The van der Waals surface area contributed by atoms with Crippen LogP contribution in [0, 0.1) is 0 Å². The van der Waals surface area contributed by atoms with Crippen molar-refractivity contribution < 1.29 is 9.63 Å². The maximum atomic E-state index is 11.4. The number of urea groups is 1. The second-order valence-electron chi connectivity index (χ2n) is 3.59. The van der Waals surface area contributed by atoms with Gasteiger partial charge in [0.05, 0.1) is 12.3 Å². The van der Waals surface area contributed by atoms with Gasteiger partial charge < -0.3 is 5.32 Å². The van der Waals surface area contributed by atoms with Crippen molar-refractivity contribution >= 4 is 27.6 Å². The molecule has 94 valence electrons. The van der Waals surface area contributed by atoms with E-state index in [0.29, 0.717) is 12.3 Å². The van der Waals surface area contributed by atoms with Crippen LogP contribution in [0.5, 0.6) is 0 Å². The van der Waals surface area contributed by atoms with Gasteiger partial charge in [0.1, 0.15) is 0 Å². The molecule has 0 heterocycles. The quantitative estimate of drug-likeness (QED) is 0.622. The molecule has 0 unspecified atom stereocenters. The SMILES string of the molecule is CCCCCONC(=O)Nc1ccccc1Br. The molecule has 0 aliphatic carbocycles. The molecular formula is C12H17BrN2O2. The number of hydroxylamine groups is 1. The molecule has 17 heavy (non-hydrogen) atoms. The lowest BCUT2D eigenvalue weighted by atomic mass is 10.3. The van der Waals surface area contributed by atoms with Crippen molar-refractivity contribution in [3.63, 3.8) is 0 Å². The number of hydrogen-bond acceptors (Lipinski definition) is 2. The van der Waals surface area contributed by atoms with Gasteiger partial charge >= 0.3 is 6.03 Å². The lowest BCUT2D eigenvalue weighted by Crippen LogP contribution is -2.29. The third-order valence-corrected chi connectivity index (χ3v) is 2.83. The zero-order valence-corrected chi connectivity index (χ0v) is 11.4. The summed E-state index contributed by atoms with van der Waals surface area (Å²) in [7, 11) is 0. The molecule has 4 nitrogen and oxygen atoms in total. The van der Waals surface area contributed by atoms with Gasteiger partial charge in [0.25, 0.3) is 0 Å². The number of para-hydroxylation sites is 1. The van der Waals surface area contributed by atoms with E-state index in [1.807, 2.05) is 18.2 Å². The van der Waals surface area contributed by atoms with E-state index < -0.39 is 0 Å². The molecule has 0 spiro atoms. The number of anilines is 1. The minimum absolute atomic E-state index is 0.367. The number of carbonyl (C=O) groups excluding carboxylic acids is 1. The van der Waals surface area contributed by atoms with Crippen molar-refractivity contribution in [1.29, 1.82) is 0 Å². The maximum Gasteiger partial charge on any atom is 0.343 e. The molecule has 1 aromatic carbocycles. The number of amides is 2. The Labute approximate surface area is 110 Å². The average molecular weight is 301 g/mol. The monoisotopic (exact) mass is 300 g/mol. The fourth-order valence-electron chi connectivity index (χ4n) is 1.25. The van der Waals surface area contributed by atoms with E-state index in [0.717, 1.165) is 23.7 Å². The van der Waals surface area contributed by atoms with Crippen LogP contribution in [0.15, 0.2) is 28.7 Å². The summed E-state index contributed by atoms with van der Waals surface area (Å²) in [6.45, 7) is 2.66. The van der Waals surface area contributed by atoms with Crippen LogP contribution in [-0.4, -0.2) is 12.6 Å². The van der Waals surface area contributed by atoms with Crippen LogP contribution in [-0.2, 0) is 4.84 Å². The van der Waals surface area contributed by atoms with Gasteiger partial charge in [-0.1, -0.05) is 31.9 Å². The molecule has 0 radical (unpaired) electrons. The third kappa shape index (κ3) is 5.70. The third-order valence-electron chi connectivity index (χ3n) is 2.14. The topological polar surface area (TPSA) is 50.4 Å². The Balaban J connectivity index is 2.23. The van der Waals surface area contributed by atoms with Gasteiger partial charge in [0.15, 0.2) is 0 Å². The first-order chi connectivity index (χ1) is 8.24. The predicted molar refractivity (Wildman–Crippen MR) is 71.8 cm³/mol. The van der Waals surface area contributed by atoms with E-state index in [9.17, 15) is 4.79 Å². The van der Waals surface area contributed by atoms with Gasteiger partial charge in [-0.3, -0.25) is 4.84 Å². The first kappa shape index (κ1) is 14.0. The summed E-state index contributed by atoms with van der Waals surface area (Å²) in [5, 5.41) is 2.68. The number of hydrogen-bond donors (Lipinski definition) is 2. The van der Waals surface area contributed by atoms with Crippen LogP contribution in [0.3, 0.4) is 0 Å². The maximum absolute atomic E-state index is 11.4. The van der Waals surface area contributed by atoms with Gasteiger partial charge in [-0.2, -0.15) is 0 Å². The van der Waals surface area contributed by atoms with Crippen LogP contribution in [0.25, 0.3) is 0 Å². The lowest BCUT2D eigenvalue weighted by Gasteiger charge is -2.08. The summed E-state index contributed by atoms with van der Waals surface area (Å²) < 4.78 is 0.834. The molecule has 0 aromatic heterocycles. The van der Waals surface area contributed by atoms with E-state index in [1.54, 1.807) is 6.07 Å². The highest BCUT2D eigenvalue weighted by molar-refractivity contribution is 9.10. The summed E-state index contributed by atoms with van der Waals surface area (Å²) in [5.74, 6) is 0. The molecule has 0 aliphatic rings. The van der Waals surface area contributed by atoms with Crippen LogP contribution in [0.1, 0.15) is 26.2 Å². The Bertz CT molecular complexity index is 358. The first-order valence-corrected chi connectivity index (χ1v) is 6.46. The Morgan fingerprint density at radius 1 is 1.35 bits per heavy atom. The molecule has 0 atom stereocenters. The second-order valence-corrected chi connectivity index (χ2v) is 4.45. The second kappa shape index (κ2) is 8.08. The van der Waals surface area contributed by atoms with Crippen LogP contribution >= 0.6 is 15.9 Å². The van der Waals surface area contributed by atoms with Gasteiger partial charge in [-0.05, 0) is 34.5 Å². The number of carbonyl (C=O) groups is 1. The van der Waals surface area contributed by atoms with E-state index in [4.69, 9.17) is 4.84 Å². The molecule has 0 bridgehead atoms. The van der Waals surface area contributed by atoms with Gasteiger partial charge in [-0.15, -0.1) is 0 Å².